The minimum atomic E-state index is -3.54. The lowest BCUT2D eigenvalue weighted by atomic mass is 10.2. The van der Waals surface area contributed by atoms with Crippen LogP contribution in [0.3, 0.4) is 0 Å². The highest BCUT2D eigenvalue weighted by molar-refractivity contribution is 7.89. The second-order valence-electron chi connectivity index (χ2n) is 5.74. The topological polar surface area (TPSA) is 92.5 Å². The Balaban J connectivity index is 1.75. The molecule has 0 unspecified atom stereocenters. The van der Waals surface area contributed by atoms with Gasteiger partial charge in [0.1, 0.15) is 5.76 Å². The van der Waals surface area contributed by atoms with Gasteiger partial charge in [0.2, 0.25) is 10.0 Å². The molecule has 1 saturated heterocycles. The molecule has 24 heavy (non-hydrogen) atoms. The molecule has 2 aromatic rings. The number of nitrogens with one attached hydrogen (secondary N) is 1. The van der Waals surface area contributed by atoms with Crippen molar-refractivity contribution in [3.05, 3.63) is 28.2 Å². The van der Waals surface area contributed by atoms with Gasteiger partial charge in [-0.25, -0.2) is 8.42 Å². The molecular weight excluding hydrogens is 350 g/mol. The van der Waals surface area contributed by atoms with Crippen LogP contribution in [0.15, 0.2) is 26.9 Å². The number of aryl methyl sites for hydroxylation is 1. The summed E-state index contributed by atoms with van der Waals surface area (Å²) in [5.41, 5.74) is 0. The smallest absolute Gasteiger partial charge is 0.267 e. The van der Waals surface area contributed by atoms with E-state index in [4.69, 9.17) is 4.52 Å². The molecule has 0 saturated carbocycles. The summed E-state index contributed by atoms with van der Waals surface area (Å²) in [5.74, 6) is 0.495. The van der Waals surface area contributed by atoms with Crippen LogP contribution in [0, 0.1) is 6.92 Å². The Morgan fingerprint density at radius 3 is 2.58 bits per heavy atom. The second kappa shape index (κ2) is 7.04. The van der Waals surface area contributed by atoms with Crippen molar-refractivity contribution >= 4 is 33.1 Å². The Hall–Kier alpha value is -1.71. The average molecular weight is 369 g/mol. The molecule has 0 radical (unpaired) electrons. The predicted octanol–water partition coefficient (Wildman–Crippen LogP) is 2.86. The van der Waals surface area contributed by atoms with E-state index < -0.39 is 15.9 Å². The molecule has 0 spiro atoms. The molecule has 0 aliphatic carbocycles. The largest absolute Gasteiger partial charge is 0.360 e. The van der Waals surface area contributed by atoms with Gasteiger partial charge in [-0.05, 0) is 25.8 Å². The van der Waals surface area contributed by atoms with Crippen molar-refractivity contribution < 1.29 is 17.7 Å². The van der Waals surface area contributed by atoms with Crippen LogP contribution < -0.4 is 5.32 Å². The quantitative estimate of drug-likeness (QED) is 0.894. The SMILES string of the molecule is Cc1cc(NC(=O)c2cc(S(=O)(=O)N3CCCCCC3)cs2)no1. The number of hydrogen-bond acceptors (Lipinski definition) is 6. The molecular formula is C15H19N3O4S2. The van der Waals surface area contributed by atoms with Crippen molar-refractivity contribution in [3.63, 3.8) is 0 Å². The Labute approximate surface area is 144 Å². The zero-order valence-electron chi connectivity index (χ0n) is 13.3. The van der Waals surface area contributed by atoms with Gasteiger partial charge in [-0.2, -0.15) is 4.31 Å². The number of rotatable bonds is 4. The van der Waals surface area contributed by atoms with E-state index in [9.17, 15) is 13.2 Å². The molecule has 9 heteroatoms. The van der Waals surface area contributed by atoms with Crippen LogP contribution in [0.2, 0.25) is 0 Å². The molecule has 1 fully saturated rings. The number of carbonyl (C=O) groups excluding carboxylic acids is 1. The summed E-state index contributed by atoms with van der Waals surface area (Å²) >= 11 is 1.10. The summed E-state index contributed by atoms with van der Waals surface area (Å²) in [6, 6.07) is 3.02. The van der Waals surface area contributed by atoms with Gasteiger partial charge >= 0.3 is 0 Å². The number of nitrogens with zero attached hydrogens (tertiary/aromatic N) is 2. The van der Waals surface area contributed by atoms with Crippen molar-refractivity contribution in [3.8, 4) is 0 Å². The molecule has 1 N–H and O–H groups in total. The zero-order chi connectivity index (χ0) is 17.2. The van der Waals surface area contributed by atoms with E-state index in [0.29, 0.717) is 29.5 Å². The minimum Gasteiger partial charge on any atom is -0.360 e. The van der Waals surface area contributed by atoms with Crippen LogP contribution in [-0.2, 0) is 10.0 Å². The van der Waals surface area contributed by atoms with Gasteiger partial charge < -0.3 is 9.84 Å². The van der Waals surface area contributed by atoms with Gasteiger partial charge in [0.15, 0.2) is 5.82 Å². The van der Waals surface area contributed by atoms with Gasteiger partial charge in [0.25, 0.3) is 5.91 Å². The molecule has 3 rings (SSSR count). The van der Waals surface area contributed by atoms with Crippen molar-refractivity contribution in [2.24, 2.45) is 0 Å². The highest BCUT2D eigenvalue weighted by Crippen LogP contribution is 2.25. The summed E-state index contributed by atoms with van der Waals surface area (Å²) in [6.07, 6.45) is 3.87. The average Bonchev–Trinajstić information content (AvgIpc) is 3.09. The molecule has 7 nitrogen and oxygen atoms in total. The minimum absolute atomic E-state index is 0.177. The van der Waals surface area contributed by atoms with Crippen molar-refractivity contribution in [2.75, 3.05) is 18.4 Å². The summed E-state index contributed by atoms with van der Waals surface area (Å²) in [6.45, 7) is 2.80. The molecule has 0 bridgehead atoms. The fourth-order valence-corrected chi connectivity index (χ4v) is 5.28. The van der Waals surface area contributed by atoms with Gasteiger partial charge in [0.05, 0.1) is 9.77 Å². The second-order valence-corrected chi connectivity index (χ2v) is 8.59. The van der Waals surface area contributed by atoms with E-state index in [2.05, 4.69) is 10.5 Å². The third-order valence-corrected chi connectivity index (χ3v) is 6.83. The number of sulfonamides is 1. The Morgan fingerprint density at radius 1 is 1.25 bits per heavy atom. The number of aromatic nitrogens is 1. The first-order chi connectivity index (χ1) is 11.5. The highest BCUT2D eigenvalue weighted by Gasteiger charge is 2.27. The van der Waals surface area contributed by atoms with Gasteiger partial charge in [-0.3, -0.25) is 4.79 Å². The van der Waals surface area contributed by atoms with Crippen LogP contribution in [0.1, 0.15) is 41.1 Å². The van der Waals surface area contributed by atoms with Crippen molar-refractivity contribution in [2.45, 2.75) is 37.5 Å². The van der Waals surface area contributed by atoms with Gasteiger partial charge in [-0.1, -0.05) is 18.0 Å². The third kappa shape index (κ3) is 3.68. The zero-order valence-corrected chi connectivity index (χ0v) is 15.0. The monoisotopic (exact) mass is 369 g/mol. The van der Waals surface area contributed by atoms with E-state index in [1.54, 1.807) is 13.0 Å². The summed E-state index contributed by atoms with van der Waals surface area (Å²) in [4.78, 5) is 12.7. The van der Waals surface area contributed by atoms with Crippen molar-refractivity contribution in [1.82, 2.24) is 9.46 Å². The Morgan fingerprint density at radius 2 is 1.96 bits per heavy atom. The van der Waals surface area contributed by atoms with Crippen LogP contribution >= 0.6 is 11.3 Å². The van der Waals surface area contributed by atoms with E-state index in [1.807, 2.05) is 0 Å². The van der Waals surface area contributed by atoms with E-state index in [0.717, 1.165) is 37.0 Å². The van der Waals surface area contributed by atoms with E-state index in [-0.39, 0.29) is 4.90 Å². The fraction of sp³-hybridized carbons (Fsp3) is 0.467. The van der Waals surface area contributed by atoms with Crippen LogP contribution in [0.5, 0.6) is 0 Å². The first-order valence-corrected chi connectivity index (χ1v) is 10.1. The standard InChI is InChI=1S/C15H19N3O4S2/c1-11-8-14(17-22-11)16-15(19)13-9-12(10-23-13)24(20,21)18-6-4-2-3-5-7-18/h8-10H,2-7H2,1H3,(H,16,17,19). The maximum absolute atomic E-state index is 12.7. The lowest BCUT2D eigenvalue weighted by Gasteiger charge is -2.18. The molecule has 130 valence electrons. The Bertz CT molecular complexity index is 817. The molecule has 3 heterocycles. The van der Waals surface area contributed by atoms with Gasteiger partial charge in [0, 0.05) is 24.5 Å². The molecule has 0 aromatic carbocycles. The fourth-order valence-electron chi connectivity index (χ4n) is 2.61. The third-order valence-electron chi connectivity index (χ3n) is 3.87. The first kappa shape index (κ1) is 17.1. The van der Waals surface area contributed by atoms with E-state index in [1.165, 1.54) is 15.8 Å². The highest BCUT2D eigenvalue weighted by atomic mass is 32.2. The lowest BCUT2D eigenvalue weighted by molar-refractivity contribution is 0.102. The normalized spacial score (nSPS) is 16.7. The summed E-state index contributed by atoms with van der Waals surface area (Å²) < 4.78 is 31.8. The maximum Gasteiger partial charge on any atom is 0.267 e. The molecule has 2 aromatic heterocycles. The molecule has 0 atom stereocenters. The van der Waals surface area contributed by atoms with Crippen LogP contribution in [-0.4, -0.2) is 36.9 Å². The molecule has 1 amide bonds. The molecule has 1 aliphatic heterocycles. The number of anilines is 1. The summed E-state index contributed by atoms with van der Waals surface area (Å²) in [7, 11) is -3.54. The number of thiophene rings is 1. The Kier molecular flexibility index (Phi) is 5.02. The molecule has 1 aliphatic rings. The lowest BCUT2D eigenvalue weighted by Crippen LogP contribution is -2.31. The summed E-state index contributed by atoms with van der Waals surface area (Å²) in [5, 5.41) is 7.80. The number of carbonyl (C=O) groups is 1. The predicted molar refractivity (Wildman–Crippen MR) is 90.7 cm³/mol. The van der Waals surface area contributed by atoms with Crippen LogP contribution in [0.4, 0.5) is 5.82 Å². The van der Waals surface area contributed by atoms with Crippen molar-refractivity contribution in [1.29, 1.82) is 0 Å². The van der Waals surface area contributed by atoms with Gasteiger partial charge in [-0.15, -0.1) is 11.3 Å². The maximum atomic E-state index is 12.7. The van der Waals surface area contributed by atoms with E-state index >= 15 is 0 Å². The number of hydrogen-bond donors (Lipinski definition) is 1. The first-order valence-electron chi connectivity index (χ1n) is 7.80. The number of amides is 1. The van der Waals surface area contributed by atoms with Crippen LogP contribution in [0.25, 0.3) is 0 Å².